The Hall–Kier alpha value is 1.01. The molecule has 0 aromatic heterocycles. The first-order valence-electron chi connectivity index (χ1n) is 4.26. The van der Waals surface area contributed by atoms with Crippen molar-refractivity contribution in [3.63, 3.8) is 0 Å². The Morgan fingerprint density at radius 3 is 2.47 bits per heavy atom. The van der Waals surface area contributed by atoms with E-state index in [-0.39, 0.29) is 20.8 Å². The van der Waals surface area contributed by atoms with Gasteiger partial charge in [0.25, 0.3) is 0 Å². The molecule has 0 N–H and O–H groups in total. The largest absolute Gasteiger partial charge is 0.342 e. The SMILES string of the molecule is C[C@H]([C@@H](C)CC=O)S(=O)(=O)/[P+](P)=N/PP. The zero-order chi connectivity index (χ0) is 12.1. The summed E-state index contributed by atoms with van der Waals surface area (Å²) in [4.78, 5) is 10.3. The van der Waals surface area contributed by atoms with Gasteiger partial charge in [0.05, 0.1) is 8.42 Å². The molecule has 0 aliphatic heterocycles. The van der Waals surface area contributed by atoms with Crippen molar-refractivity contribution in [3.05, 3.63) is 0 Å². The summed E-state index contributed by atoms with van der Waals surface area (Å²) in [6.45, 7) is 2.00. The van der Waals surface area contributed by atoms with Gasteiger partial charge >= 0.3 is 16.1 Å². The average molecular weight is 306 g/mol. The van der Waals surface area contributed by atoms with Crippen LogP contribution in [0.2, 0.25) is 0 Å². The first kappa shape index (κ1) is 16.0. The van der Waals surface area contributed by atoms with E-state index in [0.717, 1.165) is 6.29 Å². The summed E-state index contributed by atoms with van der Waals surface area (Å²) in [6.07, 6.45) is 1.04. The molecule has 15 heavy (non-hydrogen) atoms. The molecule has 6 atom stereocenters. The standard InChI is InChI=1S/C6H16NO3P4S/c1-5(3-4-8)6(2)15(9,10)14(12)7-13-11/h4-6,13H,3,11-12H2,1-2H3/q+1/t5-,6+/m0/s1. The number of carbonyl (C=O) groups excluding carboxylic acids is 1. The highest BCUT2D eigenvalue weighted by Crippen LogP contribution is 2.50. The number of aldehydes is 1. The van der Waals surface area contributed by atoms with Crippen molar-refractivity contribution < 1.29 is 13.2 Å². The predicted octanol–water partition coefficient (Wildman–Crippen LogP) is 2.77. The van der Waals surface area contributed by atoms with Gasteiger partial charge < -0.3 is 4.79 Å². The van der Waals surface area contributed by atoms with Crippen LogP contribution in [0.3, 0.4) is 0 Å². The topological polar surface area (TPSA) is 63.6 Å². The van der Waals surface area contributed by atoms with E-state index in [2.05, 4.69) is 22.4 Å². The van der Waals surface area contributed by atoms with Crippen LogP contribution < -0.4 is 0 Å². The second-order valence-corrected chi connectivity index (χ2v) is 12.6. The van der Waals surface area contributed by atoms with Gasteiger partial charge in [0.15, 0.2) is 0 Å². The highest BCUT2D eigenvalue weighted by atomic mass is 32.9. The monoisotopic (exact) mass is 306 g/mol. The minimum atomic E-state index is -3.23. The number of nitrogens with zero attached hydrogens (tertiary/aromatic N) is 1. The molecule has 4 unspecified atom stereocenters. The lowest BCUT2D eigenvalue weighted by atomic mass is 10.1. The third-order valence-electron chi connectivity index (χ3n) is 2.16. The predicted molar refractivity (Wildman–Crippen MR) is 75.3 cm³/mol. The quantitative estimate of drug-likeness (QED) is 0.560. The number of hydrogen-bond acceptors (Lipinski definition) is 4. The van der Waals surface area contributed by atoms with Crippen molar-refractivity contribution in [3.8, 4) is 0 Å². The Morgan fingerprint density at radius 1 is 1.53 bits per heavy atom. The summed E-state index contributed by atoms with van der Waals surface area (Å²) in [7, 11) is 1.66. The first-order chi connectivity index (χ1) is 6.87. The van der Waals surface area contributed by atoms with Crippen molar-refractivity contribution in [2.24, 2.45) is 10.4 Å². The fourth-order valence-corrected chi connectivity index (χ4v) is 11.4. The van der Waals surface area contributed by atoms with Crippen molar-refractivity contribution in [2.45, 2.75) is 25.5 Å². The molecule has 0 bridgehead atoms. The van der Waals surface area contributed by atoms with Gasteiger partial charge in [-0.2, -0.15) is 8.42 Å². The van der Waals surface area contributed by atoms with E-state index in [0.29, 0.717) is 0 Å². The second kappa shape index (κ2) is 7.36. The molecule has 0 spiro atoms. The van der Waals surface area contributed by atoms with Gasteiger partial charge in [0.2, 0.25) is 0 Å². The molecule has 0 radical (unpaired) electrons. The van der Waals surface area contributed by atoms with E-state index in [1.165, 1.54) is 0 Å². The third-order valence-corrected chi connectivity index (χ3v) is 13.4. The first-order valence-corrected chi connectivity index (χ1v) is 12.1. The van der Waals surface area contributed by atoms with Crippen LogP contribution in [0.15, 0.2) is 4.52 Å². The average Bonchev–Trinajstić information content (AvgIpc) is 2.17. The lowest BCUT2D eigenvalue weighted by Gasteiger charge is -2.12. The van der Waals surface area contributed by atoms with Crippen LogP contribution in [0.1, 0.15) is 20.3 Å². The van der Waals surface area contributed by atoms with Crippen LogP contribution in [0, 0.1) is 5.92 Å². The van der Waals surface area contributed by atoms with Crippen molar-refractivity contribution >= 4 is 48.6 Å². The smallest absolute Gasteiger partial charge is 0.303 e. The van der Waals surface area contributed by atoms with Gasteiger partial charge in [-0.05, 0) is 12.8 Å². The number of rotatable bonds is 6. The Labute approximate surface area is 97.9 Å². The Kier molecular flexibility index (Phi) is 7.85. The fourth-order valence-electron chi connectivity index (χ4n) is 0.921. The molecule has 0 fully saturated rings. The Morgan fingerprint density at radius 2 is 2.07 bits per heavy atom. The molecule has 88 valence electrons. The van der Waals surface area contributed by atoms with E-state index in [1.807, 2.05) is 0 Å². The maximum Gasteiger partial charge on any atom is 0.342 e. The molecule has 0 aromatic carbocycles. The van der Waals surface area contributed by atoms with Crippen LogP contribution in [0.5, 0.6) is 0 Å². The van der Waals surface area contributed by atoms with Crippen molar-refractivity contribution in [1.82, 2.24) is 0 Å². The fraction of sp³-hybridized carbons (Fsp3) is 0.833. The second-order valence-electron chi connectivity index (χ2n) is 3.13. The van der Waals surface area contributed by atoms with E-state index >= 15 is 0 Å². The minimum Gasteiger partial charge on any atom is -0.303 e. The van der Waals surface area contributed by atoms with E-state index < -0.39 is 21.3 Å². The van der Waals surface area contributed by atoms with Crippen molar-refractivity contribution in [2.75, 3.05) is 0 Å². The van der Waals surface area contributed by atoms with Gasteiger partial charge in [-0.1, -0.05) is 20.4 Å². The van der Waals surface area contributed by atoms with E-state index in [4.69, 9.17) is 0 Å². The summed E-state index contributed by atoms with van der Waals surface area (Å²) in [5, 5.41) is -0.517. The molecule has 9 heteroatoms. The van der Waals surface area contributed by atoms with Crippen LogP contribution in [0.25, 0.3) is 0 Å². The van der Waals surface area contributed by atoms with E-state index in [1.54, 1.807) is 13.8 Å². The normalized spacial score (nSPS) is 18.0. The summed E-state index contributed by atoms with van der Waals surface area (Å²) in [6, 6.07) is 0. The van der Waals surface area contributed by atoms with Gasteiger partial charge in [-0.25, -0.2) is 0 Å². The Balaban J connectivity index is 4.88. The highest BCUT2D eigenvalue weighted by Gasteiger charge is 2.37. The zero-order valence-corrected chi connectivity index (χ0v) is 13.6. The number of carbonyl (C=O) groups is 1. The highest BCUT2D eigenvalue weighted by molar-refractivity contribution is 8.64. The molecule has 0 saturated heterocycles. The molecule has 0 aliphatic rings. The summed E-state index contributed by atoms with van der Waals surface area (Å²) >= 11 is 0. The molecule has 0 amide bonds. The van der Waals surface area contributed by atoms with Crippen LogP contribution in [-0.4, -0.2) is 20.0 Å². The summed E-state index contributed by atoms with van der Waals surface area (Å²) in [5.74, 6) is -0.152. The van der Waals surface area contributed by atoms with Crippen LogP contribution in [-0.2, 0) is 14.3 Å². The summed E-state index contributed by atoms with van der Waals surface area (Å²) < 4.78 is 27.9. The zero-order valence-electron chi connectivity index (χ0n) is 8.62. The molecular weight excluding hydrogens is 290 g/mol. The maximum atomic E-state index is 11.9. The van der Waals surface area contributed by atoms with Gasteiger partial charge in [0, 0.05) is 6.42 Å². The van der Waals surface area contributed by atoms with Gasteiger partial charge in [-0.15, -0.1) is 0 Å². The molecule has 0 saturated carbocycles. The Bertz CT molecular complexity index is 342. The molecule has 0 aliphatic carbocycles. The summed E-state index contributed by atoms with van der Waals surface area (Å²) in [5.41, 5.74) is 0. The molecule has 4 nitrogen and oxygen atoms in total. The number of hydrogen-bond donors (Lipinski definition) is 0. The van der Waals surface area contributed by atoms with Gasteiger partial charge in [0.1, 0.15) is 20.5 Å². The van der Waals surface area contributed by atoms with Crippen LogP contribution >= 0.6 is 32.9 Å². The lowest BCUT2D eigenvalue weighted by Crippen LogP contribution is -2.22. The van der Waals surface area contributed by atoms with E-state index in [9.17, 15) is 13.2 Å². The maximum absolute atomic E-state index is 11.9. The van der Waals surface area contributed by atoms with Crippen molar-refractivity contribution in [1.29, 1.82) is 0 Å². The molecule has 0 rings (SSSR count). The molecular formula is C6H16NO3P4S+. The lowest BCUT2D eigenvalue weighted by molar-refractivity contribution is -0.108. The molecule has 0 heterocycles. The third kappa shape index (κ3) is 4.80. The minimum absolute atomic E-state index is 0.152. The van der Waals surface area contributed by atoms with Crippen LogP contribution in [0.4, 0.5) is 0 Å². The molecule has 0 aromatic rings. The van der Waals surface area contributed by atoms with Gasteiger partial charge in [-0.3, -0.25) is 0 Å².